The van der Waals surface area contributed by atoms with Crippen LogP contribution in [0.2, 0.25) is 0 Å². The molecule has 0 heterocycles. The minimum atomic E-state index is -2.84. The lowest BCUT2D eigenvalue weighted by molar-refractivity contribution is -0.0498. The molecule has 2 aromatic carbocycles. The SMILES string of the molecule is Cc1ccc(C(NN)c2cccc(OC(F)F)c2)c(C)c1. The van der Waals surface area contributed by atoms with Crippen molar-refractivity contribution in [1.82, 2.24) is 5.43 Å². The van der Waals surface area contributed by atoms with Crippen LogP contribution in [0.15, 0.2) is 42.5 Å². The van der Waals surface area contributed by atoms with Crippen LogP contribution in [0, 0.1) is 13.8 Å². The second-order valence-electron chi connectivity index (χ2n) is 4.91. The van der Waals surface area contributed by atoms with Gasteiger partial charge >= 0.3 is 6.61 Å². The van der Waals surface area contributed by atoms with Crippen molar-refractivity contribution in [2.75, 3.05) is 0 Å². The summed E-state index contributed by atoms with van der Waals surface area (Å²) in [7, 11) is 0. The molecule has 5 heteroatoms. The number of rotatable bonds is 5. The summed E-state index contributed by atoms with van der Waals surface area (Å²) in [5.74, 6) is 5.77. The molecular weight excluding hydrogens is 274 g/mol. The summed E-state index contributed by atoms with van der Waals surface area (Å²) in [6.45, 7) is 1.16. The van der Waals surface area contributed by atoms with Crippen LogP contribution in [0.3, 0.4) is 0 Å². The van der Waals surface area contributed by atoms with Gasteiger partial charge in [-0.3, -0.25) is 5.84 Å². The monoisotopic (exact) mass is 292 g/mol. The maximum absolute atomic E-state index is 12.3. The Labute approximate surface area is 122 Å². The van der Waals surface area contributed by atoms with Crippen LogP contribution in [0.4, 0.5) is 8.78 Å². The highest BCUT2D eigenvalue weighted by Gasteiger charge is 2.16. The number of ether oxygens (including phenoxy) is 1. The second kappa shape index (κ2) is 6.65. The number of aryl methyl sites for hydroxylation is 2. The maximum atomic E-state index is 12.3. The third kappa shape index (κ3) is 3.77. The molecule has 2 rings (SSSR count). The number of alkyl halides is 2. The van der Waals surface area contributed by atoms with Crippen molar-refractivity contribution in [3.05, 3.63) is 64.7 Å². The largest absolute Gasteiger partial charge is 0.435 e. The van der Waals surface area contributed by atoms with Crippen molar-refractivity contribution >= 4 is 0 Å². The van der Waals surface area contributed by atoms with Crippen molar-refractivity contribution in [2.45, 2.75) is 26.5 Å². The molecule has 0 aliphatic heterocycles. The Morgan fingerprint density at radius 1 is 1.10 bits per heavy atom. The van der Waals surface area contributed by atoms with Crippen LogP contribution < -0.4 is 16.0 Å². The van der Waals surface area contributed by atoms with Crippen LogP contribution in [-0.4, -0.2) is 6.61 Å². The zero-order valence-electron chi connectivity index (χ0n) is 11.9. The van der Waals surface area contributed by atoms with E-state index in [1.807, 2.05) is 32.0 Å². The Morgan fingerprint density at radius 3 is 2.48 bits per heavy atom. The van der Waals surface area contributed by atoms with Gasteiger partial charge in [-0.2, -0.15) is 8.78 Å². The van der Waals surface area contributed by atoms with Gasteiger partial charge < -0.3 is 4.74 Å². The number of hydrogen-bond donors (Lipinski definition) is 2. The van der Waals surface area contributed by atoms with Crippen molar-refractivity contribution in [3.63, 3.8) is 0 Å². The Balaban J connectivity index is 2.37. The Morgan fingerprint density at radius 2 is 1.86 bits per heavy atom. The summed E-state index contributed by atoms with van der Waals surface area (Å²) in [5.41, 5.74) is 6.73. The van der Waals surface area contributed by atoms with Gasteiger partial charge in [0.2, 0.25) is 0 Å². The molecule has 0 saturated heterocycles. The standard InChI is InChI=1S/C16H18F2N2O/c1-10-6-7-14(11(2)8-10)15(20-19)12-4-3-5-13(9-12)21-16(17)18/h3-9,15-16,20H,19H2,1-2H3. The van der Waals surface area contributed by atoms with Gasteiger partial charge in [-0.15, -0.1) is 0 Å². The maximum Gasteiger partial charge on any atom is 0.387 e. The third-order valence-electron chi connectivity index (χ3n) is 3.32. The summed E-state index contributed by atoms with van der Waals surface area (Å²) in [4.78, 5) is 0. The van der Waals surface area contributed by atoms with Crippen LogP contribution >= 0.6 is 0 Å². The van der Waals surface area contributed by atoms with Crippen LogP contribution in [0.5, 0.6) is 5.75 Å². The summed E-state index contributed by atoms with van der Waals surface area (Å²) >= 11 is 0. The molecule has 2 aromatic rings. The predicted molar refractivity (Wildman–Crippen MR) is 78.2 cm³/mol. The molecule has 0 spiro atoms. The fraction of sp³-hybridized carbons (Fsp3) is 0.250. The van der Waals surface area contributed by atoms with E-state index in [9.17, 15) is 8.78 Å². The highest BCUT2D eigenvalue weighted by atomic mass is 19.3. The van der Waals surface area contributed by atoms with Crippen molar-refractivity contribution in [2.24, 2.45) is 5.84 Å². The van der Waals surface area contributed by atoms with E-state index in [0.29, 0.717) is 0 Å². The minimum Gasteiger partial charge on any atom is -0.435 e. The topological polar surface area (TPSA) is 47.3 Å². The molecule has 1 atom stereocenters. The van der Waals surface area contributed by atoms with Gasteiger partial charge in [-0.1, -0.05) is 35.9 Å². The van der Waals surface area contributed by atoms with E-state index in [2.05, 4.69) is 16.2 Å². The van der Waals surface area contributed by atoms with Gasteiger partial charge in [0, 0.05) is 0 Å². The first kappa shape index (κ1) is 15.4. The average Bonchev–Trinajstić information content (AvgIpc) is 2.41. The van der Waals surface area contributed by atoms with Crippen LogP contribution in [0.1, 0.15) is 28.3 Å². The molecule has 1 unspecified atom stereocenters. The number of nitrogens with two attached hydrogens (primary N) is 1. The summed E-state index contributed by atoms with van der Waals surface area (Å²) in [5, 5.41) is 0. The molecule has 0 radical (unpaired) electrons. The first-order chi connectivity index (χ1) is 10.0. The summed E-state index contributed by atoms with van der Waals surface area (Å²) in [6, 6.07) is 12.3. The quantitative estimate of drug-likeness (QED) is 0.655. The molecule has 21 heavy (non-hydrogen) atoms. The zero-order chi connectivity index (χ0) is 15.4. The normalized spacial score (nSPS) is 12.5. The molecule has 0 bridgehead atoms. The van der Waals surface area contributed by atoms with Crippen LogP contribution in [-0.2, 0) is 0 Å². The lowest BCUT2D eigenvalue weighted by Gasteiger charge is -2.20. The van der Waals surface area contributed by atoms with E-state index < -0.39 is 6.61 Å². The van der Waals surface area contributed by atoms with Crippen LogP contribution in [0.25, 0.3) is 0 Å². The van der Waals surface area contributed by atoms with Gasteiger partial charge in [0.1, 0.15) is 5.75 Å². The highest BCUT2D eigenvalue weighted by molar-refractivity contribution is 5.41. The van der Waals surface area contributed by atoms with Crippen molar-refractivity contribution in [1.29, 1.82) is 0 Å². The van der Waals surface area contributed by atoms with Crippen molar-refractivity contribution < 1.29 is 13.5 Å². The van der Waals surface area contributed by atoms with Gasteiger partial charge in [0.05, 0.1) is 6.04 Å². The van der Waals surface area contributed by atoms with E-state index in [1.165, 1.54) is 6.07 Å². The number of hydrogen-bond acceptors (Lipinski definition) is 3. The molecule has 112 valence electrons. The van der Waals surface area contributed by atoms with Gasteiger partial charge in [-0.05, 0) is 42.7 Å². The minimum absolute atomic E-state index is 0.118. The molecule has 3 nitrogen and oxygen atoms in total. The Hall–Kier alpha value is -1.98. The fourth-order valence-corrected chi connectivity index (χ4v) is 2.39. The number of halogens is 2. The molecule has 0 saturated carbocycles. The first-order valence-corrected chi connectivity index (χ1v) is 6.59. The highest BCUT2D eigenvalue weighted by Crippen LogP contribution is 2.27. The summed E-state index contributed by atoms with van der Waals surface area (Å²) in [6.07, 6.45) is 0. The van der Waals surface area contributed by atoms with E-state index in [0.717, 1.165) is 22.3 Å². The van der Waals surface area contributed by atoms with Gasteiger partial charge in [0.15, 0.2) is 0 Å². The average molecular weight is 292 g/mol. The Bertz CT molecular complexity index is 617. The number of benzene rings is 2. The summed E-state index contributed by atoms with van der Waals surface area (Å²) < 4.78 is 29.0. The van der Waals surface area contributed by atoms with Gasteiger partial charge in [0.25, 0.3) is 0 Å². The lowest BCUT2D eigenvalue weighted by atomic mass is 9.94. The van der Waals surface area contributed by atoms with Crippen molar-refractivity contribution in [3.8, 4) is 5.75 Å². The number of nitrogens with one attached hydrogen (secondary N) is 1. The molecule has 0 aliphatic carbocycles. The molecular formula is C16H18F2N2O. The van der Waals surface area contributed by atoms with E-state index in [-0.39, 0.29) is 11.8 Å². The fourth-order valence-electron chi connectivity index (χ4n) is 2.39. The van der Waals surface area contributed by atoms with E-state index in [4.69, 9.17) is 5.84 Å². The van der Waals surface area contributed by atoms with Gasteiger partial charge in [-0.25, -0.2) is 5.43 Å². The van der Waals surface area contributed by atoms with E-state index in [1.54, 1.807) is 12.1 Å². The number of hydrazine groups is 1. The molecule has 0 aliphatic rings. The lowest BCUT2D eigenvalue weighted by Crippen LogP contribution is -2.29. The third-order valence-corrected chi connectivity index (χ3v) is 3.32. The van der Waals surface area contributed by atoms with E-state index >= 15 is 0 Å². The molecule has 0 aromatic heterocycles. The zero-order valence-corrected chi connectivity index (χ0v) is 11.9. The molecule has 0 fully saturated rings. The second-order valence-corrected chi connectivity index (χ2v) is 4.91. The molecule has 3 N–H and O–H groups in total. The first-order valence-electron chi connectivity index (χ1n) is 6.59. The molecule has 0 amide bonds. The Kier molecular flexibility index (Phi) is 4.88. The predicted octanol–water partition coefficient (Wildman–Crippen LogP) is 3.46. The smallest absolute Gasteiger partial charge is 0.387 e.